The molecule has 9 heteroatoms. The van der Waals surface area contributed by atoms with Crippen LogP contribution >= 0.6 is 22.9 Å². The van der Waals surface area contributed by atoms with Crippen molar-refractivity contribution in [3.63, 3.8) is 0 Å². The summed E-state index contributed by atoms with van der Waals surface area (Å²) in [5.41, 5.74) is 0. The Kier molecular flexibility index (Phi) is 4.12. The summed E-state index contributed by atoms with van der Waals surface area (Å²) in [6, 6.07) is 2.85. The molecule has 0 spiro atoms. The number of halogens is 1. The van der Waals surface area contributed by atoms with Gasteiger partial charge in [-0.3, -0.25) is 0 Å². The number of aromatic nitrogens is 2. The third-order valence-corrected chi connectivity index (χ3v) is 6.20. The van der Waals surface area contributed by atoms with E-state index >= 15 is 0 Å². The largest absolute Gasteiger partial charge is 0.345 e. The molecule has 6 nitrogen and oxygen atoms in total. The summed E-state index contributed by atoms with van der Waals surface area (Å²) < 4.78 is 26.6. The Morgan fingerprint density at radius 3 is 2.52 bits per heavy atom. The first kappa shape index (κ1) is 14.7. The number of pyridine rings is 1. The lowest BCUT2D eigenvalue weighted by molar-refractivity contribution is 0.384. The summed E-state index contributed by atoms with van der Waals surface area (Å²) in [7, 11) is -3.51. The van der Waals surface area contributed by atoms with Crippen molar-refractivity contribution >= 4 is 38.1 Å². The molecule has 2 aromatic heterocycles. The number of thiazole rings is 1. The summed E-state index contributed by atoms with van der Waals surface area (Å²) in [6.07, 6.45) is 3.16. The molecule has 3 rings (SSSR count). The van der Waals surface area contributed by atoms with Gasteiger partial charge in [0, 0.05) is 44.0 Å². The number of hydrogen-bond acceptors (Lipinski definition) is 6. The van der Waals surface area contributed by atoms with Crippen molar-refractivity contribution in [3.8, 4) is 0 Å². The fourth-order valence-corrected chi connectivity index (χ4v) is 4.56. The highest BCUT2D eigenvalue weighted by atomic mass is 35.5. The van der Waals surface area contributed by atoms with E-state index in [9.17, 15) is 8.42 Å². The molecule has 1 saturated heterocycles. The second-order valence-corrected chi connectivity index (χ2v) is 7.72. The van der Waals surface area contributed by atoms with Crippen LogP contribution in [0.1, 0.15) is 0 Å². The molecule has 0 saturated carbocycles. The molecule has 3 heterocycles. The first-order valence-electron chi connectivity index (χ1n) is 6.33. The van der Waals surface area contributed by atoms with Crippen LogP contribution in [-0.4, -0.2) is 48.9 Å². The zero-order valence-corrected chi connectivity index (χ0v) is 13.4. The van der Waals surface area contributed by atoms with Crippen LogP contribution < -0.4 is 4.90 Å². The minimum atomic E-state index is -3.51. The Morgan fingerprint density at radius 2 is 1.90 bits per heavy atom. The monoisotopic (exact) mass is 344 g/mol. The van der Waals surface area contributed by atoms with Crippen LogP contribution in [-0.2, 0) is 10.0 Å². The highest BCUT2D eigenvalue weighted by molar-refractivity contribution is 7.89. The fourth-order valence-electron chi connectivity index (χ4n) is 2.19. The Labute approximate surface area is 132 Å². The number of piperazine rings is 1. The van der Waals surface area contributed by atoms with Crippen molar-refractivity contribution in [3.05, 3.63) is 35.1 Å². The fraction of sp³-hybridized carbons (Fsp3) is 0.333. The molecule has 0 N–H and O–H groups in total. The maximum atomic E-state index is 12.5. The molecule has 0 atom stereocenters. The highest BCUT2D eigenvalue weighted by Gasteiger charge is 2.29. The Bertz CT molecular complexity index is 713. The van der Waals surface area contributed by atoms with Crippen molar-refractivity contribution in [2.45, 2.75) is 4.90 Å². The molecule has 112 valence electrons. The van der Waals surface area contributed by atoms with Crippen LogP contribution in [0.5, 0.6) is 0 Å². The first-order valence-corrected chi connectivity index (χ1v) is 9.03. The van der Waals surface area contributed by atoms with Gasteiger partial charge in [0.05, 0.1) is 4.90 Å². The van der Waals surface area contributed by atoms with E-state index in [2.05, 4.69) is 14.9 Å². The maximum absolute atomic E-state index is 12.5. The quantitative estimate of drug-likeness (QED) is 0.793. The van der Waals surface area contributed by atoms with Gasteiger partial charge in [-0.15, -0.1) is 11.3 Å². The zero-order valence-electron chi connectivity index (χ0n) is 11.0. The molecule has 0 amide bonds. The number of anilines is 1. The predicted molar refractivity (Wildman–Crippen MR) is 82.3 cm³/mol. The topological polar surface area (TPSA) is 66.4 Å². The molecule has 2 aromatic rings. The van der Waals surface area contributed by atoms with Gasteiger partial charge in [-0.1, -0.05) is 11.6 Å². The van der Waals surface area contributed by atoms with Gasteiger partial charge < -0.3 is 4.90 Å². The van der Waals surface area contributed by atoms with Gasteiger partial charge in [0.25, 0.3) is 0 Å². The average molecular weight is 345 g/mol. The van der Waals surface area contributed by atoms with Gasteiger partial charge >= 0.3 is 0 Å². The minimum absolute atomic E-state index is 0.178. The molecule has 1 aliphatic rings. The molecule has 0 unspecified atom stereocenters. The first-order chi connectivity index (χ1) is 10.1. The molecule has 21 heavy (non-hydrogen) atoms. The summed E-state index contributed by atoms with van der Waals surface area (Å²) >= 11 is 7.33. The van der Waals surface area contributed by atoms with Crippen molar-refractivity contribution < 1.29 is 8.42 Å². The minimum Gasteiger partial charge on any atom is -0.345 e. The molecule has 0 aromatic carbocycles. The van der Waals surface area contributed by atoms with Gasteiger partial charge in [-0.05, 0) is 12.1 Å². The van der Waals surface area contributed by atoms with Gasteiger partial charge in [0.15, 0.2) is 5.13 Å². The van der Waals surface area contributed by atoms with E-state index in [1.165, 1.54) is 22.6 Å². The maximum Gasteiger partial charge on any atom is 0.243 e. The number of nitrogens with zero attached hydrogens (tertiary/aromatic N) is 4. The lowest BCUT2D eigenvalue weighted by Crippen LogP contribution is -2.48. The summed E-state index contributed by atoms with van der Waals surface area (Å²) in [6.45, 7) is 2.13. The van der Waals surface area contributed by atoms with Crippen molar-refractivity contribution in [1.29, 1.82) is 0 Å². The standard InChI is InChI=1S/C12H13ClN4O2S2/c13-11-9-10(1-2-14-11)21(18,19)17-6-4-16(5-7-17)12-15-3-8-20-12/h1-3,8-9H,4-7H2. The highest BCUT2D eigenvalue weighted by Crippen LogP contribution is 2.23. The predicted octanol–water partition coefficient (Wildman–Crippen LogP) is 1.70. The lowest BCUT2D eigenvalue weighted by atomic mass is 10.4. The summed E-state index contributed by atoms with van der Waals surface area (Å²) in [5, 5.41) is 3.02. The molecule has 1 aliphatic heterocycles. The number of sulfonamides is 1. The zero-order chi connectivity index (χ0) is 14.9. The van der Waals surface area contributed by atoms with Gasteiger partial charge in [0.2, 0.25) is 10.0 Å². The number of rotatable bonds is 3. The van der Waals surface area contributed by atoms with Crippen LogP contribution in [0.15, 0.2) is 34.8 Å². The molecule has 0 aliphatic carbocycles. The second kappa shape index (κ2) is 5.88. The molecule has 0 radical (unpaired) electrons. The van der Waals surface area contributed by atoms with E-state index < -0.39 is 10.0 Å². The summed E-state index contributed by atoms with van der Waals surface area (Å²) in [4.78, 5) is 10.3. The van der Waals surface area contributed by atoms with Crippen LogP contribution in [0.25, 0.3) is 0 Å². The van der Waals surface area contributed by atoms with E-state index in [0.717, 1.165) is 5.13 Å². The smallest absolute Gasteiger partial charge is 0.243 e. The SMILES string of the molecule is O=S(=O)(c1ccnc(Cl)c1)N1CCN(c2nccs2)CC1. The Hall–Kier alpha value is -1.22. The summed E-state index contributed by atoms with van der Waals surface area (Å²) in [5.74, 6) is 0. The van der Waals surface area contributed by atoms with Crippen LogP contribution in [0.4, 0.5) is 5.13 Å². The number of hydrogen-bond donors (Lipinski definition) is 0. The third kappa shape index (κ3) is 3.03. The molecule has 1 fully saturated rings. The van der Waals surface area contributed by atoms with Crippen molar-refractivity contribution in [2.24, 2.45) is 0 Å². The van der Waals surface area contributed by atoms with Crippen LogP contribution in [0.3, 0.4) is 0 Å². The van der Waals surface area contributed by atoms with E-state index in [4.69, 9.17) is 11.6 Å². The second-order valence-electron chi connectivity index (χ2n) is 4.52. The molecule has 0 bridgehead atoms. The Balaban J connectivity index is 1.74. The van der Waals surface area contributed by atoms with E-state index in [0.29, 0.717) is 26.2 Å². The van der Waals surface area contributed by atoms with Crippen molar-refractivity contribution in [2.75, 3.05) is 31.1 Å². The van der Waals surface area contributed by atoms with Crippen LogP contribution in [0, 0.1) is 0 Å². The van der Waals surface area contributed by atoms with Gasteiger partial charge in [-0.2, -0.15) is 4.31 Å². The van der Waals surface area contributed by atoms with Gasteiger partial charge in [-0.25, -0.2) is 18.4 Å². The molecular weight excluding hydrogens is 332 g/mol. The normalized spacial score (nSPS) is 17.1. The molecular formula is C12H13ClN4O2S2. The average Bonchev–Trinajstić information content (AvgIpc) is 3.02. The van der Waals surface area contributed by atoms with Gasteiger partial charge in [0.1, 0.15) is 5.15 Å². The van der Waals surface area contributed by atoms with Crippen LogP contribution in [0.2, 0.25) is 5.15 Å². The van der Waals surface area contributed by atoms with Crippen molar-refractivity contribution in [1.82, 2.24) is 14.3 Å². The van der Waals surface area contributed by atoms with E-state index in [1.54, 1.807) is 17.5 Å². The van der Waals surface area contributed by atoms with E-state index in [1.807, 2.05) is 5.38 Å². The van der Waals surface area contributed by atoms with E-state index in [-0.39, 0.29) is 10.0 Å². The Morgan fingerprint density at radius 1 is 1.14 bits per heavy atom. The third-order valence-electron chi connectivity index (χ3n) is 3.26. The lowest BCUT2D eigenvalue weighted by Gasteiger charge is -2.33.